The second-order valence-corrected chi connectivity index (χ2v) is 9.86. The summed E-state index contributed by atoms with van der Waals surface area (Å²) in [5, 5.41) is 5.36. The Bertz CT molecular complexity index is 751. The Morgan fingerprint density at radius 2 is 1.89 bits per heavy atom. The van der Waals surface area contributed by atoms with Crippen molar-refractivity contribution in [1.29, 1.82) is 0 Å². The number of esters is 1. The number of thiazole rings is 1. The molecule has 0 aliphatic rings. The second kappa shape index (κ2) is 10.8. The maximum absolute atomic E-state index is 12.6. The lowest BCUT2D eigenvalue weighted by Gasteiger charge is -2.20. The van der Waals surface area contributed by atoms with Gasteiger partial charge in [0.25, 0.3) is 0 Å². The van der Waals surface area contributed by atoms with E-state index in [-0.39, 0.29) is 29.8 Å². The smallest absolute Gasteiger partial charge is 0.383 e. The van der Waals surface area contributed by atoms with Crippen molar-refractivity contribution < 1.29 is 32.7 Å². The maximum Gasteiger partial charge on any atom is 0.383 e. The number of ether oxygens (including phenoxy) is 1. The van der Waals surface area contributed by atoms with Crippen LogP contribution in [0.5, 0.6) is 0 Å². The maximum atomic E-state index is 12.6. The van der Waals surface area contributed by atoms with Crippen LogP contribution in [-0.2, 0) is 44.5 Å². The molecular weight excluding hydrogens is 429 g/mol. The van der Waals surface area contributed by atoms with E-state index in [4.69, 9.17) is 40.7 Å². The first-order valence-corrected chi connectivity index (χ1v) is 11.7. The summed E-state index contributed by atoms with van der Waals surface area (Å²) in [6.07, 6.45) is 0. The van der Waals surface area contributed by atoms with E-state index in [1.807, 2.05) is 0 Å². The van der Waals surface area contributed by atoms with Crippen molar-refractivity contribution in [2.45, 2.75) is 40.2 Å². The van der Waals surface area contributed by atoms with Crippen molar-refractivity contribution in [3.8, 4) is 0 Å². The highest BCUT2D eigenvalue weighted by Crippen LogP contribution is 2.50. The molecule has 0 spiro atoms. The van der Waals surface area contributed by atoms with E-state index in [0.717, 1.165) is 11.3 Å². The van der Waals surface area contributed by atoms with Gasteiger partial charge in [-0.15, -0.1) is 11.3 Å². The third-order valence-electron chi connectivity index (χ3n) is 2.49. The third kappa shape index (κ3) is 8.61. The molecule has 0 radical (unpaired) electrons. The molecule has 1 heterocycles. The fraction of sp³-hybridized carbons (Fsp3) is 0.600. The van der Waals surface area contributed by atoms with E-state index < -0.39 is 30.9 Å². The van der Waals surface area contributed by atoms with Crippen molar-refractivity contribution in [1.82, 2.24) is 4.98 Å². The predicted molar refractivity (Wildman–Crippen MR) is 108 cm³/mol. The topological polar surface area (TPSA) is 132 Å². The number of rotatable bonds is 10. The standard InChI is InChI=1S/C15H24N3O7PS2/c1-6-22-26(27,23-7-2)25-13(20)12(10-9-28-14(16)17-10)18-21-8-11(19)24-15(3,4)5/h9H,6-8H2,1-5H3,(H2,16,17)/b18-12-. The van der Waals surface area contributed by atoms with Gasteiger partial charge in [0.1, 0.15) is 11.3 Å². The number of anilines is 1. The zero-order chi connectivity index (χ0) is 21.4. The molecule has 158 valence electrons. The monoisotopic (exact) mass is 453 g/mol. The highest BCUT2D eigenvalue weighted by atomic mass is 32.5. The number of carbonyl (C=O) groups is 2. The number of hydrogen-bond acceptors (Lipinski definition) is 12. The van der Waals surface area contributed by atoms with Crippen molar-refractivity contribution >= 4 is 52.6 Å². The summed E-state index contributed by atoms with van der Waals surface area (Å²) in [5.74, 6) is -1.63. The minimum Gasteiger partial charge on any atom is -0.457 e. The van der Waals surface area contributed by atoms with Gasteiger partial charge in [-0.3, -0.25) is 9.05 Å². The molecule has 0 fully saturated rings. The average Bonchev–Trinajstić information content (AvgIpc) is 2.96. The molecular formula is C15H24N3O7PS2. The Hall–Kier alpha value is -1.59. The third-order valence-corrected chi connectivity index (χ3v) is 5.55. The van der Waals surface area contributed by atoms with E-state index in [0.29, 0.717) is 0 Å². The molecule has 0 aliphatic heterocycles. The molecule has 0 amide bonds. The summed E-state index contributed by atoms with van der Waals surface area (Å²) < 4.78 is 20.9. The van der Waals surface area contributed by atoms with Crippen LogP contribution >= 0.6 is 18.1 Å². The second-order valence-electron chi connectivity index (χ2n) is 6.03. The number of hydrogen-bond donors (Lipinski definition) is 1. The van der Waals surface area contributed by atoms with E-state index in [2.05, 4.69) is 10.1 Å². The molecule has 0 aromatic carbocycles. The normalized spacial score (nSPS) is 12.5. The van der Waals surface area contributed by atoms with Crippen LogP contribution in [0, 0.1) is 0 Å². The number of nitrogens with zero attached hydrogens (tertiary/aromatic N) is 2. The molecule has 0 saturated carbocycles. The van der Waals surface area contributed by atoms with Gasteiger partial charge in [0.2, 0.25) is 12.3 Å². The molecule has 1 rings (SSSR count). The Kier molecular flexibility index (Phi) is 9.45. The fourth-order valence-corrected chi connectivity index (χ4v) is 4.14. The predicted octanol–water partition coefficient (Wildman–Crippen LogP) is 2.63. The van der Waals surface area contributed by atoms with Gasteiger partial charge >= 0.3 is 18.7 Å². The van der Waals surface area contributed by atoms with E-state index in [1.54, 1.807) is 34.6 Å². The van der Waals surface area contributed by atoms with Crippen LogP contribution < -0.4 is 5.73 Å². The van der Waals surface area contributed by atoms with Gasteiger partial charge in [-0.25, -0.2) is 14.6 Å². The molecule has 0 unspecified atom stereocenters. The van der Waals surface area contributed by atoms with Crippen LogP contribution in [0.3, 0.4) is 0 Å². The first-order chi connectivity index (χ1) is 13.0. The lowest BCUT2D eigenvalue weighted by molar-refractivity contribution is -0.160. The first-order valence-electron chi connectivity index (χ1n) is 8.26. The van der Waals surface area contributed by atoms with Crippen molar-refractivity contribution in [2.75, 3.05) is 25.6 Å². The summed E-state index contributed by atoms with van der Waals surface area (Å²) in [4.78, 5) is 33.3. The molecule has 1 aromatic rings. The molecule has 10 nitrogen and oxygen atoms in total. The van der Waals surface area contributed by atoms with Crippen LogP contribution in [0.2, 0.25) is 0 Å². The van der Waals surface area contributed by atoms with Gasteiger partial charge in [0.05, 0.1) is 13.2 Å². The van der Waals surface area contributed by atoms with Gasteiger partial charge in [-0.05, 0) is 34.6 Å². The van der Waals surface area contributed by atoms with Gasteiger partial charge in [0, 0.05) is 17.2 Å². The first kappa shape index (κ1) is 24.4. The largest absolute Gasteiger partial charge is 0.457 e. The van der Waals surface area contributed by atoms with Crippen molar-refractivity contribution in [2.24, 2.45) is 5.16 Å². The molecule has 0 bridgehead atoms. The Balaban J connectivity index is 2.98. The van der Waals surface area contributed by atoms with Crippen LogP contribution in [0.4, 0.5) is 5.13 Å². The quantitative estimate of drug-likeness (QED) is 0.244. The van der Waals surface area contributed by atoms with E-state index in [9.17, 15) is 9.59 Å². The van der Waals surface area contributed by atoms with Crippen molar-refractivity contribution in [3.63, 3.8) is 0 Å². The zero-order valence-electron chi connectivity index (χ0n) is 16.3. The number of nitrogens with two attached hydrogens (primary N) is 1. The van der Waals surface area contributed by atoms with Crippen LogP contribution in [-0.4, -0.2) is 48.1 Å². The molecule has 0 saturated heterocycles. The van der Waals surface area contributed by atoms with Crippen LogP contribution in [0.1, 0.15) is 40.3 Å². The zero-order valence-corrected chi connectivity index (χ0v) is 18.8. The fourth-order valence-electron chi connectivity index (χ4n) is 1.66. The molecule has 1 aromatic heterocycles. The van der Waals surface area contributed by atoms with Crippen molar-refractivity contribution in [3.05, 3.63) is 11.1 Å². The molecule has 0 aliphatic carbocycles. The van der Waals surface area contributed by atoms with Crippen LogP contribution in [0.25, 0.3) is 0 Å². The number of oxime groups is 1. The Labute approximate surface area is 172 Å². The van der Waals surface area contributed by atoms with Crippen LogP contribution in [0.15, 0.2) is 10.5 Å². The Morgan fingerprint density at radius 1 is 1.29 bits per heavy atom. The van der Waals surface area contributed by atoms with Gasteiger partial charge in [-0.1, -0.05) is 5.16 Å². The minimum absolute atomic E-state index is 0.103. The summed E-state index contributed by atoms with van der Waals surface area (Å²) in [6, 6.07) is 0. The molecule has 28 heavy (non-hydrogen) atoms. The summed E-state index contributed by atoms with van der Waals surface area (Å²) in [6.45, 7) is 5.06. The van der Waals surface area contributed by atoms with Gasteiger partial charge in [0.15, 0.2) is 5.13 Å². The number of carbonyl (C=O) groups excluding carboxylic acids is 2. The number of nitrogen functional groups attached to an aromatic ring is 1. The lowest BCUT2D eigenvalue weighted by Crippen LogP contribution is -2.26. The van der Waals surface area contributed by atoms with E-state index in [1.165, 1.54) is 5.38 Å². The molecule has 2 N–H and O–H groups in total. The SMILES string of the molecule is CCOP(=S)(OCC)OC(=O)/C(=N\OCC(=O)OC(C)(C)C)c1csc(N)n1. The van der Waals surface area contributed by atoms with E-state index >= 15 is 0 Å². The molecule has 0 atom stereocenters. The Morgan fingerprint density at radius 3 is 2.36 bits per heavy atom. The highest BCUT2D eigenvalue weighted by Gasteiger charge is 2.30. The molecule has 13 heteroatoms. The summed E-state index contributed by atoms with van der Waals surface area (Å²) >= 11 is 6.26. The lowest BCUT2D eigenvalue weighted by atomic mass is 10.2. The summed E-state index contributed by atoms with van der Waals surface area (Å²) in [5.41, 5.74) is 4.70. The average molecular weight is 453 g/mol. The minimum atomic E-state index is -3.32. The summed E-state index contributed by atoms with van der Waals surface area (Å²) in [7, 11) is 0. The van der Waals surface area contributed by atoms with Gasteiger partial charge in [-0.2, -0.15) is 0 Å². The number of aromatic nitrogens is 1. The van der Waals surface area contributed by atoms with Gasteiger partial charge < -0.3 is 19.8 Å². The highest BCUT2D eigenvalue weighted by molar-refractivity contribution is 8.07.